The van der Waals surface area contributed by atoms with E-state index in [0.717, 1.165) is 44.2 Å². The van der Waals surface area contributed by atoms with Crippen LogP contribution in [0, 0.1) is 5.92 Å². The van der Waals surface area contributed by atoms with Crippen LogP contribution in [0.5, 0.6) is 0 Å². The molecule has 0 bridgehead atoms. The summed E-state index contributed by atoms with van der Waals surface area (Å²) < 4.78 is 7.25. The molecule has 1 atom stereocenters. The number of rotatable bonds is 3. The minimum Gasteiger partial charge on any atom is -0.381 e. The standard InChI is InChI=1S/C17H21N5O2/c23-17(14-5-12-24-13-14)22-10-8-21(9-11-22)16-4-3-15(18-19-16)20-6-1-2-7-20/h1-4,6-7,14H,5,8-13H2. The molecule has 0 aromatic carbocycles. The molecule has 0 N–H and O–H groups in total. The summed E-state index contributed by atoms with van der Waals surface area (Å²) in [5.41, 5.74) is 0. The molecule has 0 radical (unpaired) electrons. The van der Waals surface area contributed by atoms with Crippen molar-refractivity contribution in [2.24, 2.45) is 5.92 Å². The van der Waals surface area contributed by atoms with Crippen LogP contribution in [0.1, 0.15) is 6.42 Å². The number of amides is 1. The molecule has 7 nitrogen and oxygen atoms in total. The highest BCUT2D eigenvalue weighted by molar-refractivity contribution is 5.79. The second kappa shape index (κ2) is 6.60. The van der Waals surface area contributed by atoms with E-state index in [1.54, 1.807) is 0 Å². The second-order valence-corrected chi connectivity index (χ2v) is 6.21. The minimum atomic E-state index is 0.0530. The lowest BCUT2D eigenvalue weighted by atomic mass is 10.1. The summed E-state index contributed by atoms with van der Waals surface area (Å²) in [5.74, 6) is 1.96. The molecule has 2 aliphatic heterocycles. The first-order valence-corrected chi connectivity index (χ1v) is 8.40. The number of aromatic nitrogens is 3. The Morgan fingerprint density at radius 1 is 1.04 bits per heavy atom. The Kier molecular flexibility index (Phi) is 4.17. The Bertz CT molecular complexity index is 672. The topological polar surface area (TPSA) is 63.5 Å². The number of nitrogens with zero attached hydrogens (tertiary/aromatic N) is 5. The molecule has 1 unspecified atom stereocenters. The van der Waals surface area contributed by atoms with Crippen LogP contribution < -0.4 is 4.90 Å². The zero-order chi connectivity index (χ0) is 16.4. The number of carbonyl (C=O) groups is 1. The van der Waals surface area contributed by atoms with Crippen molar-refractivity contribution in [1.29, 1.82) is 0 Å². The zero-order valence-corrected chi connectivity index (χ0v) is 13.5. The van der Waals surface area contributed by atoms with Crippen molar-refractivity contribution in [3.63, 3.8) is 0 Å². The number of piperazine rings is 1. The average Bonchev–Trinajstić information content (AvgIpc) is 3.35. The molecule has 24 heavy (non-hydrogen) atoms. The lowest BCUT2D eigenvalue weighted by Crippen LogP contribution is -2.50. The number of hydrogen-bond acceptors (Lipinski definition) is 5. The van der Waals surface area contributed by atoms with Crippen molar-refractivity contribution >= 4 is 11.7 Å². The highest BCUT2D eigenvalue weighted by atomic mass is 16.5. The summed E-state index contributed by atoms with van der Waals surface area (Å²) in [4.78, 5) is 16.6. The van der Waals surface area contributed by atoms with Crippen molar-refractivity contribution in [3.05, 3.63) is 36.7 Å². The van der Waals surface area contributed by atoms with E-state index >= 15 is 0 Å². The molecule has 7 heteroatoms. The van der Waals surface area contributed by atoms with E-state index in [4.69, 9.17) is 4.74 Å². The SMILES string of the molecule is O=C(C1CCOC1)N1CCN(c2ccc(-n3cccc3)nn2)CC1. The third kappa shape index (κ3) is 2.99. The van der Waals surface area contributed by atoms with Gasteiger partial charge in [-0.2, -0.15) is 0 Å². The molecular weight excluding hydrogens is 306 g/mol. The van der Waals surface area contributed by atoms with Gasteiger partial charge in [0.15, 0.2) is 11.6 Å². The van der Waals surface area contributed by atoms with E-state index in [0.29, 0.717) is 13.2 Å². The minimum absolute atomic E-state index is 0.0530. The van der Waals surface area contributed by atoms with E-state index in [2.05, 4.69) is 15.1 Å². The van der Waals surface area contributed by atoms with Crippen molar-refractivity contribution in [2.75, 3.05) is 44.3 Å². The first kappa shape index (κ1) is 15.1. The summed E-state index contributed by atoms with van der Waals surface area (Å²) >= 11 is 0. The van der Waals surface area contributed by atoms with Gasteiger partial charge in [-0.1, -0.05) is 0 Å². The first-order valence-electron chi connectivity index (χ1n) is 8.40. The average molecular weight is 327 g/mol. The van der Waals surface area contributed by atoms with Crippen LogP contribution in [0.25, 0.3) is 5.82 Å². The van der Waals surface area contributed by atoms with Gasteiger partial charge in [0.05, 0.1) is 12.5 Å². The van der Waals surface area contributed by atoms with Crippen LogP contribution in [0.3, 0.4) is 0 Å². The fourth-order valence-corrected chi connectivity index (χ4v) is 3.26. The normalized spacial score (nSPS) is 21.2. The lowest BCUT2D eigenvalue weighted by molar-refractivity contribution is -0.135. The molecule has 2 aromatic heterocycles. The number of hydrogen-bond donors (Lipinski definition) is 0. The van der Waals surface area contributed by atoms with Crippen LogP contribution in [0.4, 0.5) is 5.82 Å². The van der Waals surface area contributed by atoms with Crippen molar-refractivity contribution in [3.8, 4) is 5.82 Å². The van der Waals surface area contributed by atoms with Gasteiger partial charge in [0.2, 0.25) is 5.91 Å². The van der Waals surface area contributed by atoms with E-state index in [-0.39, 0.29) is 11.8 Å². The van der Waals surface area contributed by atoms with E-state index in [1.807, 2.05) is 46.1 Å². The fourth-order valence-electron chi connectivity index (χ4n) is 3.26. The van der Waals surface area contributed by atoms with Gasteiger partial charge in [-0.15, -0.1) is 10.2 Å². The molecule has 1 amide bonds. The Labute approximate surface area is 140 Å². The molecule has 0 saturated carbocycles. The Morgan fingerprint density at radius 2 is 1.75 bits per heavy atom. The van der Waals surface area contributed by atoms with Gasteiger partial charge < -0.3 is 19.1 Å². The summed E-state index contributed by atoms with van der Waals surface area (Å²) in [6.45, 7) is 4.32. The predicted molar refractivity (Wildman–Crippen MR) is 89.1 cm³/mol. The lowest BCUT2D eigenvalue weighted by Gasteiger charge is -2.36. The van der Waals surface area contributed by atoms with Gasteiger partial charge in [-0.3, -0.25) is 4.79 Å². The van der Waals surface area contributed by atoms with E-state index < -0.39 is 0 Å². The van der Waals surface area contributed by atoms with Crippen LogP contribution in [0.15, 0.2) is 36.7 Å². The van der Waals surface area contributed by atoms with E-state index in [9.17, 15) is 4.79 Å². The fraction of sp³-hybridized carbons (Fsp3) is 0.471. The highest BCUT2D eigenvalue weighted by Gasteiger charge is 2.30. The van der Waals surface area contributed by atoms with Crippen LogP contribution in [-0.4, -0.2) is 65.0 Å². The van der Waals surface area contributed by atoms with Crippen molar-refractivity contribution in [1.82, 2.24) is 19.7 Å². The third-order valence-electron chi connectivity index (χ3n) is 4.70. The summed E-state index contributed by atoms with van der Waals surface area (Å²) in [5, 5.41) is 8.63. The molecule has 0 spiro atoms. The Morgan fingerprint density at radius 3 is 2.38 bits per heavy atom. The quantitative estimate of drug-likeness (QED) is 0.840. The molecule has 0 aliphatic carbocycles. The predicted octanol–water partition coefficient (Wildman–Crippen LogP) is 0.952. The molecular formula is C17H21N5O2. The Hall–Kier alpha value is -2.41. The molecule has 2 saturated heterocycles. The number of ether oxygens (including phenoxy) is 1. The monoisotopic (exact) mass is 327 g/mol. The van der Waals surface area contributed by atoms with Crippen molar-refractivity contribution in [2.45, 2.75) is 6.42 Å². The van der Waals surface area contributed by atoms with Crippen LogP contribution in [0.2, 0.25) is 0 Å². The number of anilines is 1. The number of carbonyl (C=O) groups excluding carboxylic acids is 1. The largest absolute Gasteiger partial charge is 0.381 e. The van der Waals surface area contributed by atoms with Crippen LogP contribution in [-0.2, 0) is 9.53 Å². The summed E-state index contributed by atoms with van der Waals surface area (Å²) in [6, 6.07) is 7.88. The van der Waals surface area contributed by atoms with Crippen LogP contribution >= 0.6 is 0 Å². The molecule has 126 valence electrons. The Balaban J connectivity index is 1.36. The van der Waals surface area contributed by atoms with Gasteiger partial charge in [0.1, 0.15) is 0 Å². The highest BCUT2D eigenvalue weighted by Crippen LogP contribution is 2.19. The summed E-state index contributed by atoms with van der Waals surface area (Å²) in [7, 11) is 0. The maximum Gasteiger partial charge on any atom is 0.228 e. The van der Waals surface area contributed by atoms with Crippen molar-refractivity contribution < 1.29 is 9.53 Å². The maximum atomic E-state index is 12.4. The molecule has 4 rings (SSSR count). The zero-order valence-electron chi connectivity index (χ0n) is 13.5. The van der Waals surface area contributed by atoms with Gasteiger partial charge in [-0.25, -0.2) is 0 Å². The molecule has 2 fully saturated rings. The smallest absolute Gasteiger partial charge is 0.228 e. The van der Waals surface area contributed by atoms with Gasteiger partial charge in [0.25, 0.3) is 0 Å². The first-order chi connectivity index (χ1) is 11.8. The molecule has 2 aliphatic rings. The van der Waals surface area contributed by atoms with E-state index in [1.165, 1.54) is 0 Å². The van der Waals surface area contributed by atoms with Gasteiger partial charge in [0, 0.05) is 45.2 Å². The second-order valence-electron chi connectivity index (χ2n) is 6.21. The summed E-state index contributed by atoms with van der Waals surface area (Å²) in [6.07, 6.45) is 4.74. The van der Waals surface area contributed by atoms with Gasteiger partial charge >= 0.3 is 0 Å². The third-order valence-corrected chi connectivity index (χ3v) is 4.70. The van der Waals surface area contributed by atoms with Gasteiger partial charge in [-0.05, 0) is 30.7 Å². The molecule has 4 heterocycles. The molecule has 2 aromatic rings. The maximum absolute atomic E-state index is 12.4.